The van der Waals surface area contributed by atoms with Crippen LogP contribution in [0.4, 0.5) is 26.3 Å². The molecule has 172 valence electrons. The maximum absolute atomic E-state index is 13.6. The number of rotatable bonds is 3. The van der Waals surface area contributed by atoms with Crippen LogP contribution < -0.4 is 4.74 Å². The van der Waals surface area contributed by atoms with Gasteiger partial charge < -0.3 is 4.74 Å². The van der Waals surface area contributed by atoms with Crippen LogP contribution in [0.2, 0.25) is 0 Å². The second-order valence-corrected chi connectivity index (χ2v) is 8.33. The van der Waals surface area contributed by atoms with Crippen molar-refractivity contribution in [3.8, 4) is 22.2 Å². The van der Waals surface area contributed by atoms with Crippen molar-refractivity contribution in [2.75, 3.05) is 0 Å². The van der Waals surface area contributed by atoms with Gasteiger partial charge in [-0.05, 0) is 52.6 Å². The lowest BCUT2D eigenvalue weighted by Gasteiger charge is -2.17. The third kappa shape index (κ3) is 4.05. The zero-order valence-electron chi connectivity index (χ0n) is 16.9. The van der Waals surface area contributed by atoms with Gasteiger partial charge in [-0.1, -0.05) is 30.3 Å². The van der Waals surface area contributed by atoms with Gasteiger partial charge in [-0.15, -0.1) is 21.5 Å². The molecule has 0 fully saturated rings. The van der Waals surface area contributed by atoms with E-state index < -0.39 is 29.2 Å². The molecule has 0 amide bonds. The van der Waals surface area contributed by atoms with E-state index >= 15 is 0 Å². The molecule has 3 nitrogen and oxygen atoms in total. The summed E-state index contributed by atoms with van der Waals surface area (Å²) >= 11 is 1.40. The summed E-state index contributed by atoms with van der Waals surface area (Å²) in [5.41, 5.74) is -2.13. The van der Waals surface area contributed by atoms with Gasteiger partial charge in [0.05, 0.1) is 16.0 Å². The van der Waals surface area contributed by atoms with Gasteiger partial charge in [-0.25, -0.2) is 0 Å². The first kappa shape index (κ1) is 22.1. The van der Waals surface area contributed by atoms with Gasteiger partial charge in [0.2, 0.25) is 5.88 Å². The first-order chi connectivity index (χ1) is 16.1. The number of ether oxygens (including phenoxy) is 1. The molecular weight excluding hydrogens is 478 g/mol. The Hall–Kier alpha value is -3.66. The Labute approximate surface area is 192 Å². The van der Waals surface area contributed by atoms with E-state index in [1.165, 1.54) is 11.3 Å². The molecule has 0 bridgehead atoms. The number of thiophene rings is 1. The largest absolute Gasteiger partial charge is 0.436 e. The van der Waals surface area contributed by atoms with Crippen molar-refractivity contribution < 1.29 is 31.1 Å². The van der Waals surface area contributed by atoms with Crippen molar-refractivity contribution in [3.63, 3.8) is 0 Å². The Kier molecular flexibility index (Phi) is 5.20. The molecule has 3 aromatic carbocycles. The molecule has 0 saturated heterocycles. The number of fused-ring (bicyclic) bond motifs is 2. The lowest BCUT2D eigenvalue weighted by molar-refractivity contribution is -0.142. The Bertz CT molecular complexity index is 1510. The molecule has 0 atom stereocenters. The van der Waals surface area contributed by atoms with Crippen LogP contribution in [0.25, 0.3) is 32.1 Å². The van der Waals surface area contributed by atoms with Crippen LogP contribution in [0.5, 0.6) is 11.6 Å². The molecule has 2 aromatic heterocycles. The predicted octanol–water partition coefficient (Wildman–Crippen LogP) is 8.34. The molecule has 2 heterocycles. The van der Waals surface area contributed by atoms with Crippen molar-refractivity contribution in [1.82, 2.24) is 10.2 Å². The minimum absolute atomic E-state index is 0.322. The van der Waals surface area contributed by atoms with Crippen molar-refractivity contribution in [1.29, 1.82) is 0 Å². The lowest BCUT2D eigenvalue weighted by atomic mass is 10.0. The van der Waals surface area contributed by atoms with Gasteiger partial charge in [0, 0.05) is 10.8 Å². The molecule has 5 aromatic rings. The highest BCUT2D eigenvalue weighted by atomic mass is 32.1. The lowest BCUT2D eigenvalue weighted by Crippen LogP contribution is -2.11. The Morgan fingerprint density at radius 1 is 0.706 bits per heavy atom. The number of hydrogen-bond acceptors (Lipinski definition) is 4. The summed E-state index contributed by atoms with van der Waals surface area (Å²) in [5.74, 6) is -1.33. The SMILES string of the molecule is FC(F)(F)c1ccc(C(F)(F)F)c(Oc2nnc(-c3cccs3)c3cc4ccccc4cc23)c1. The average molecular weight is 490 g/mol. The zero-order valence-corrected chi connectivity index (χ0v) is 17.7. The zero-order chi connectivity index (χ0) is 24.1. The summed E-state index contributed by atoms with van der Waals surface area (Å²) in [7, 11) is 0. The van der Waals surface area contributed by atoms with Crippen LogP contribution in [0, 0.1) is 0 Å². The quantitative estimate of drug-likeness (QED) is 0.188. The second-order valence-electron chi connectivity index (χ2n) is 7.38. The fraction of sp³-hybridized carbons (Fsp3) is 0.0833. The summed E-state index contributed by atoms with van der Waals surface area (Å²) in [6, 6.07) is 15.4. The monoisotopic (exact) mass is 490 g/mol. The third-order valence-electron chi connectivity index (χ3n) is 5.19. The van der Waals surface area contributed by atoms with E-state index in [9.17, 15) is 26.3 Å². The average Bonchev–Trinajstić information content (AvgIpc) is 3.31. The minimum atomic E-state index is -4.94. The van der Waals surface area contributed by atoms with E-state index in [0.29, 0.717) is 34.7 Å². The van der Waals surface area contributed by atoms with E-state index in [4.69, 9.17) is 4.74 Å². The van der Waals surface area contributed by atoms with E-state index in [2.05, 4.69) is 10.2 Å². The second kappa shape index (κ2) is 7.98. The summed E-state index contributed by atoms with van der Waals surface area (Å²) < 4.78 is 85.7. The minimum Gasteiger partial charge on any atom is -0.436 e. The maximum atomic E-state index is 13.6. The summed E-state index contributed by atoms with van der Waals surface area (Å²) in [5, 5.41) is 12.4. The number of nitrogens with zero attached hydrogens (tertiary/aromatic N) is 2. The van der Waals surface area contributed by atoms with Gasteiger partial charge in [0.15, 0.2) is 0 Å². The van der Waals surface area contributed by atoms with Crippen LogP contribution in [0.1, 0.15) is 11.1 Å². The van der Waals surface area contributed by atoms with Crippen LogP contribution in [0.15, 0.2) is 72.1 Å². The highest BCUT2D eigenvalue weighted by molar-refractivity contribution is 7.13. The Morgan fingerprint density at radius 2 is 1.41 bits per heavy atom. The van der Waals surface area contributed by atoms with Gasteiger partial charge in [0.1, 0.15) is 11.4 Å². The molecular formula is C24H12F6N2OS. The van der Waals surface area contributed by atoms with Crippen LogP contribution >= 0.6 is 11.3 Å². The molecule has 0 aliphatic heterocycles. The fourth-order valence-electron chi connectivity index (χ4n) is 3.61. The van der Waals surface area contributed by atoms with Crippen molar-refractivity contribution >= 4 is 32.9 Å². The van der Waals surface area contributed by atoms with Gasteiger partial charge in [-0.3, -0.25) is 0 Å². The summed E-state index contributed by atoms with van der Waals surface area (Å²) in [4.78, 5) is 0.773. The van der Waals surface area contributed by atoms with E-state index in [-0.39, 0.29) is 5.88 Å². The molecule has 34 heavy (non-hydrogen) atoms. The Balaban J connectivity index is 1.74. The molecule has 10 heteroatoms. The molecule has 0 aliphatic carbocycles. The number of alkyl halides is 6. The van der Waals surface area contributed by atoms with Crippen LogP contribution in [0.3, 0.4) is 0 Å². The molecule has 0 saturated carbocycles. The molecule has 0 aliphatic rings. The number of halogens is 6. The predicted molar refractivity (Wildman–Crippen MR) is 117 cm³/mol. The number of hydrogen-bond donors (Lipinski definition) is 0. The molecule has 5 rings (SSSR count). The van der Waals surface area contributed by atoms with Crippen LogP contribution in [-0.4, -0.2) is 10.2 Å². The van der Waals surface area contributed by atoms with Crippen molar-refractivity contribution in [2.24, 2.45) is 0 Å². The molecule has 0 unspecified atom stereocenters. The van der Waals surface area contributed by atoms with Crippen molar-refractivity contribution in [3.05, 3.63) is 83.2 Å². The summed E-state index contributed by atoms with van der Waals surface area (Å²) in [6.45, 7) is 0. The number of aromatic nitrogens is 2. The highest BCUT2D eigenvalue weighted by Gasteiger charge is 2.38. The van der Waals surface area contributed by atoms with Crippen molar-refractivity contribution in [2.45, 2.75) is 12.4 Å². The third-order valence-corrected chi connectivity index (χ3v) is 6.06. The topological polar surface area (TPSA) is 35.0 Å². The standard InChI is InChI=1S/C24H12F6N2OS/c25-23(26,27)15-7-8-18(24(28,29)30)19(12-15)33-22-17-11-14-5-2-1-4-13(14)10-16(17)21(31-32-22)20-6-3-9-34-20/h1-12H. The first-order valence-electron chi connectivity index (χ1n) is 9.80. The highest BCUT2D eigenvalue weighted by Crippen LogP contribution is 2.43. The van der Waals surface area contributed by atoms with Gasteiger partial charge in [-0.2, -0.15) is 26.3 Å². The maximum Gasteiger partial charge on any atom is 0.419 e. The number of benzene rings is 3. The molecule has 0 spiro atoms. The van der Waals surface area contributed by atoms with Gasteiger partial charge in [0.25, 0.3) is 0 Å². The first-order valence-corrected chi connectivity index (χ1v) is 10.7. The fourth-order valence-corrected chi connectivity index (χ4v) is 4.33. The van der Waals surface area contributed by atoms with E-state index in [1.807, 2.05) is 29.6 Å². The smallest absolute Gasteiger partial charge is 0.419 e. The summed E-state index contributed by atoms with van der Waals surface area (Å²) in [6.07, 6.45) is -9.79. The van der Waals surface area contributed by atoms with Gasteiger partial charge >= 0.3 is 12.4 Å². The Morgan fingerprint density at radius 3 is 2.03 bits per heavy atom. The normalized spacial score (nSPS) is 12.4. The molecule has 0 radical (unpaired) electrons. The van der Waals surface area contributed by atoms with E-state index in [1.54, 1.807) is 24.3 Å². The van der Waals surface area contributed by atoms with Crippen LogP contribution in [-0.2, 0) is 12.4 Å². The van der Waals surface area contributed by atoms with E-state index in [0.717, 1.165) is 15.6 Å². The molecule has 0 N–H and O–H groups in total.